The summed E-state index contributed by atoms with van der Waals surface area (Å²) in [6, 6.07) is 7.30. The Labute approximate surface area is 116 Å². The lowest BCUT2D eigenvalue weighted by molar-refractivity contribution is 0.214. The van der Waals surface area contributed by atoms with Crippen molar-refractivity contribution in [3.8, 4) is 5.75 Å². The number of rotatable bonds is 3. The third kappa shape index (κ3) is 2.65. The molecule has 0 aliphatic heterocycles. The number of benzene rings is 2. The van der Waals surface area contributed by atoms with Gasteiger partial charge in [0.05, 0.1) is 7.11 Å². The maximum Gasteiger partial charge on any atom is 0.133 e. The Morgan fingerprint density at radius 1 is 1.05 bits per heavy atom. The number of halogens is 2. The average molecular weight is 278 g/mol. The van der Waals surface area contributed by atoms with Crippen molar-refractivity contribution < 1.29 is 18.6 Å². The summed E-state index contributed by atoms with van der Waals surface area (Å²) in [4.78, 5) is 0. The molecule has 0 heterocycles. The zero-order valence-corrected chi connectivity index (χ0v) is 11.6. The molecule has 0 aliphatic rings. The van der Waals surface area contributed by atoms with Gasteiger partial charge in [-0.25, -0.2) is 8.78 Å². The van der Waals surface area contributed by atoms with Crippen LogP contribution in [0.1, 0.15) is 28.4 Å². The molecule has 0 spiro atoms. The molecular weight excluding hydrogens is 262 g/mol. The summed E-state index contributed by atoms with van der Waals surface area (Å²) in [5, 5.41) is 10.3. The molecule has 2 rings (SSSR count). The van der Waals surface area contributed by atoms with E-state index in [0.717, 1.165) is 0 Å². The topological polar surface area (TPSA) is 29.5 Å². The number of aryl methyl sites for hydroxylation is 2. The van der Waals surface area contributed by atoms with Crippen molar-refractivity contribution in [2.45, 2.75) is 20.0 Å². The normalized spacial score (nSPS) is 12.3. The SMILES string of the molecule is COc1ccc(C(O)c2cc(C)c(F)c(C)c2)c(F)c1. The molecule has 106 valence electrons. The molecule has 20 heavy (non-hydrogen) atoms. The smallest absolute Gasteiger partial charge is 0.133 e. The van der Waals surface area contributed by atoms with Crippen molar-refractivity contribution in [1.29, 1.82) is 0 Å². The summed E-state index contributed by atoms with van der Waals surface area (Å²) in [6.45, 7) is 3.23. The number of hydrogen-bond acceptors (Lipinski definition) is 2. The first kappa shape index (κ1) is 14.5. The average Bonchev–Trinajstić information content (AvgIpc) is 2.43. The molecule has 0 amide bonds. The van der Waals surface area contributed by atoms with Gasteiger partial charge in [-0.05, 0) is 42.7 Å². The van der Waals surface area contributed by atoms with E-state index in [1.807, 2.05) is 0 Å². The van der Waals surface area contributed by atoms with Crippen LogP contribution in [-0.4, -0.2) is 12.2 Å². The summed E-state index contributed by atoms with van der Waals surface area (Å²) in [5.41, 5.74) is 1.45. The maximum absolute atomic E-state index is 13.9. The third-order valence-electron chi connectivity index (χ3n) is 3.28. The van der Waals surface area contributed by atoms with Crippen LogP contribution in [0, 0.1) is 25.5 Å². The largest absolute Gasteiger partial charge is 0.497 e. The van der Waals surface area contributed by atoms with Gasteiger partial charge >= 0.3 is 0 Å². The highest BCUT2D eigenvalue weighted by molar-refractivity contribution is 5.39. The minimum Gasteiger partial charge on any atom is -0.497 e. The number of methoxy groups -OCH3 is 1. The molecule has 2 aromatic rings. The van der Waals surface area contributed by atoms with E-state index in [1.54, 1.807) is 19.9 Å². The first-order valence-electron chi connectivity index (χ1n) is 6.22. The van der Waals surface area contributed by atoms with E-state index in [1.165, 1.54) is 31.4 Å². The highest BCUT2D eigenvalue weighted by atomic mass is 19.1. The monoisotopic (exact) mass is 278 g/mol. The van der Waals surface area contributed by atoms with E-state index >= 15 is 0 Å². The predicted molar refractivity (Wildman–Crippen MR) is 72.9 cm³/mol. The van der Waals surface area contributed by atoms with E-state index < -0.39 is 11.9 Å². The van der Waals surface area contributed by atoms with Crippen LogP contribution in [0.2, 0.25) is 0 Å². The van der Waals surface area contributed by atoms with Crippen LogP contribution in [0.15, 0.2) is 30.3 Å². The third-order valence-corrected chi connectivity index (χ3v) is 3.28. The summed E-state index contributed by atoms with van der Waals surface area (Å²) >= 11 is 0. The molecule has 0 fully saturated rings. The molecule has 1 unspecified atom stereocenters. The first-order chi connectivity index (χ1) is 9.43. The Morgan fingerprint density at radius 2 is 1.65 bits per heavy atom. The van der Waals surface area contributed by atoms with E-state index in [2.05, 4.69) is 0 Å². The van der Waals surface area contributed by atoms with E-state index in [0.29, 0.717) is 22.4 Å². The fraction of sp³-hybridized carbons (Fsp3) is 0.250. The van der Waals surface area contributed by atoms with Gasteiger partial charge in [-0.15, -0.1) is 0 Å². The minimum atomic E-state index is -1.14. The Morgan fingerprint density at radius 3 is 2.15 bits per heavy atom. The van der Waals surface area contributed by atoms with Gasteiger partial charge in [-0.2, -0.15) is 0 Å². The molecule has 1 N–H and O–H groups in total. The second kappa shape index (κ2) is 5.59. The van der Waals surface area contributed by atoms with Gasteiger partial charge in [0, 0.05) is 11.6 Å². The van der Waals surface area contributed by atoms with Crippen LogP contribution in [0.4, 0.5) is 8.78 Å². The van der Waals surface area contributed by atoms with Gasteiger partial charge in [0.25, 0.3) is 0 Å². The first-order valence-corrected chi connectivity index (χ1v) is 6.22. The van der Waals surface area contributed by atoms with Crippen LogP contribution in [-0.2, 0) is 0 Å². The van der Waals surface area contributed by atoms with Gasteiger partial charge in [0.15, 0.2) is 0 Å². The lowest BCUT2D eigenvalue weighted by Crippen LogP contribution is -2.05. The highest BCUT2D eigenvalue weighted by Crippen LogP contribution is 2.29. The molecule has 4 heteroatoms. The zero-order chi connectivity index (χ0) is 14.9. The van der Waals surface area contributed by atoms with Gasteiger partial charge in [-0.1, -0.05) is 12.1 Å². The Bertz CT molecular complexity index is 615. The van der Waals surface area contributed by atoms with Crippen molar-refractivity contribution in [3.63, 3.8) is 0 Å². The lowest BCUT2D eigenvalue weighted by Gasteiger charge is -2.15. The Balaban J connectivity index is 2.43. The van der Waals surface area contributed by atoms with Crippen LogP contribution < -0.4 is 4.74 Å². The molecule has 0 bridgehead atoms. The molecule has 0 aromatic heterocycles. The van der Waals surface area contributed by atoms with Gasteiger partial charge in [-0.3, -0.25) is 0 Å². The highest BCUT2D eigenvalue weighted by Gasteiger charge is 2.17. The minimum absolute atomic E-state index is 0.135. The van der Waals surface area contributed by atoms with Crippen molar-refractivity contribution in [1.82, 2.24) is 0 Å². The molecule has 0 saturated heterocycles. The van der Waals surface area contributed by atoms with Gasteiger partial charge < -0.3 is 9.84 Å². The second-order valence-electron chi connectivity index (χ2n) is 4.76. The van der Waals surface area contributed by atoms with Crippen molar-refractivity contribution in [2.24, 2.45) is 0 Å². The quantitative estimate of drug-likeness (QED) is 0.928. The van der Waals surface area contributed by atoms with Crippen molar-refractivity contribution >= 4 is 0 Å². The zero-order valence-electron chi connectivity index (χ0n) is 11.6. The molecule has 0 saturated carbocycles. The van der Waals surface area contributed by atoms with Gasteiger partial charge in [0.2, 0.25) is 0 Å². The van der Waals surface area contributed by atoms with Crippen LogP contribution in [0.5, 0.6) is 5.75 Å². The number of ether oxygens (including phenoxy) is 1. The summed E-state index contributed by atoms with van der Waals surface area (Å²) < 4.78 is 32.4. The number of aliphatic hydroxyl groups excluding tert-OH is 1. The van der Waals surface area contributed by atoms with E-state index in [-0.39, 0.29) is 11.4 Å². The second-order valence-corrected chi connectivity index (χ2v) is 4.76. The lowest BCUT2D eigenvalue weighted by atomic mass is 9.97. The fourth-order valence-electron chi connectivity index (χ4n) is 2.17. The van der Waals surface area contributed by atoms with Gasteiger partial charge in [0.1, 0.15) is 23.5 Å². The Hall–Kier alpha value is -1.94. The summed E-state index contributed by atoms with van der Waals surface area (Å²) in [5.74, 6) is -0.488. The molecule has 0 radical (unpaired) electrons. The van der Waals surface area contributed by atoms with Crippen molar-refractivity contribution in [2.75, 3.05) is 7.11 Å². The van der Waals surface area contributed by atoms with Crippen LogP contribution in [0.3, 0.4) is 0 Å². The van der Waals surface area contributed by atoms with E-state index in [9.17, 15) is 13.9 Å². The molecule has 0 aliphatic carbocycles. The molecule has 2 aromatic carbocycles. The summed E-state index contributed by atoms with van der Waals surface area (Å²) in [7, 11) is 1.44. The van der Waals surface area contributed by atoms with Crippen LogP contribution >= 0.6 is 0 Å². The van der Waals surface area contributed by atoms with Crippen molar-refractivity contribution in [3.05, 3.63) is 64.2 Å². The predicted octanol–water partition coefficient (Wildman–Crippen LogP) is 3.67. The van der Waals surface area contributed by atoms with E-state index in [4.69, 9.17) is 4.74 Å². The standard InChI is InChI=1S/C16H16F2O2/c1-9-6-11(7-10(2)15(9)18)16(19)13-5-4-12(20-3)8-14(13)17/h4-8,16,19H,1-3H3. The molecule has 1 atom stereocenters. The number of hydrogen-bond donors (Lipinski definition) is 1. The number of aliphatic hydroxyl groups is 1. The van der Waals surface area contributed by atoms with Crippen LogP contribution in [0.25, 0.3) is 0 Å². The molecule has 2 nitrogen and oxygen atoms in total. The maximum atomic E-state index is 13.9. The summed E-state index contributed by atoms with van der Waals surface area (Å²) in [6.07, 6.45) is -1.14. The Kier molecular flexibility index (Phi) is 4.04. The fourth-order valence-corrected chi connectivity index (χ4v) is 2.17. The molecular formula is C16H16F2O2.